The minimum absolute atomic E-state index is 0.0794. The lowest BCUT2D eigenvalue weighted by molar-refractivity contribution is -0.117. The minimum Gasteiger partial charge on any atom is -0.383 e. The molecule has 6 nitrogen and oxygen atoms in total. The van der Waals surface area contributed by atoms with E-state index in [0.717, 1.165) is 6.07 Å². The van der Waals surface area contributed by atoms with Crippen molar-refractivity contribution in [1.82, 2.24) is 9.97 Å². The predicted molar refractivity (Wildman–Crippen MR) is 58.6 cm³/mol. The summed E-state index contributed by atoms with van der Waals surface area (Å²) in [5.41, 5.74) is 5.04. The fourth-order valence-corrected chi connectivity index (χ4v) is 1.61. The number of amides is 1. The van der Waals surface area contributed by atoms with E-state index < -0.39 is 0 Å². The van der Waals surface area contributed by atoms with Crippen LogP contribution in [0, 0.1) is 18.3 Å². The number of terminal acetylenes is 1. The number of nitrogen functional groups attached to an aromatic ring is 1. The average Bonchev–Trinajstić information content (AvgIpc) is 2.58. The van der Waals surface area contributed by atoms with Crippen molar-refractivity contribution in [3.05, 3.63) is 16.4 Å². The van der Waals surface area contributed by atoms with Crippen molar-refractivity contribution in [3.63, 3.8) is 0 Å². The molecule has 1 aliphatic heterocycles. The van der Waals surface area contributed by atoms with Crippen LogP contribution in [-0.2, 0) is 4.79 Å². The Hall–Kier alpha value is -2.29. The summed E-state index contributed by atoms with van der Waals surface area (Å²) in [6.45, 7) is 0.363. The zero-order chi connectivity index (χ0) is 11.7. The van der Waals surface area contributed by atoms with Crippen molar-refractivity contribution in [1.29, 1.82) is 0 Å². The molecule has 0 radical (unpaired) electrons. The van der Waals surface area contributed by atoms with Crippen LogP contribution in [0.3, 0.4) is 0 Å². The monoisotopic (exact) mass is 218 g/mol. The first-order chi connectivity index (χ1) is 7.60. The number of H-pyrrole nitrogens is 1. The molecule has 6 heteroatoms. The summed E-state index contributed by atoms with van der Waals surface area (Å²) in [5, 5.41) is 0. The number of nitrogens with one attached hydrogen (secondary N) is 1. The summed E-state index contributed by atoms with van der Waals surface area (Å²) in [6, 6.07) is 1.16. The molecule has 1 aromatic heterocycles. The molecule has 1 atom stereocenters. The van der Waals surface area contributed by atoms with Crippen LogP contribution in [0.5, 0.6) is 0 Å². The van der Waals surface area contributed by atoms with Crippen molar-refractivity contribution in [2.75, 3.05) is 17.2 Å². The lowest BCUT2D eigenvalue weighted by Crippen LogP contribution is -2.29. The number of hydrogen-bond donors (Lipinski definition) is 2. The largest absolute Gasteiger partial charge is 0.383 e. The summed E-state index contributed by atoms with van der Waals surface area (Å²) in [6.07, 6.45) is 5.52. The van der Waals surface area contributed by atoms with Gasteiger partial charge in [-0.3, -0.25) is 19.5 Å². The molecule has 82 valence electrons. The van der Waals surface area contributed by atoms with Gasteiger partial charge in [-0.05, 0) is 0 Å². The lowest BCUT2D eigenvalue weighted by Gasteiger charge is -2.13. The number of aromatic nitrogens is 2. The van der Waals surface area contributed by atoms with Gasteiger partial charge >= 0.3 is 0 Å². The van der Waals surface area contributed by atoms with Gasteiger partial charge in [-0.25, -0.2) is 0 Å². The van der Waals surface area contributed by atoms with Crippen LogP contribution >= 0.6 is 0 Å². The van der Waals surface area contributed by atoms with Gasteiger partial charge in [-0.1, -0.05) is 0 Å². The third-order valence-corrected chi connectivity index (χ3v) is 2.37. The summed E-state index contributed by atoms with van der Waals surface area (Å²) >= 11 is 0. The van der Waals surface area contributed by atoms with Crippen molar-refractivity contribution in [3.8, 4) is 12.3 Å². The Morgan fingerprint density at radius 3 is 2.94 bits per heavy atom. The van der Waals surface area contributed by atoms with E-state index in [1.807, 2.05) is 0 Å². The molecule has 1 saturated heterocycles. The van der Waals surface area contributed by atoms with E-state index >= 15 is 0 Å². The summed E-state index contributed by atoms with van der Waals surface area (Å²) in [5.74, 6) is 2.45. The number of nitrogens with two attached hydrogens (primary N) is 1. The van der Waals surface area contributed by atoms with E-state index in [1.165, 1.54) is 4.90 Å². The summed E-state index contributed by atoms with van der Waals surface area (Å²) in [7, 11) is 0. The normalized spacial score (nSPS) is 19.8. The van der Waals surface area contributed by atoms with E-state index in [1.54, 1.807) is 0 Å². The van der Waals surface area contributed by atoms with Gasteiger partial charge in [0.05, 0.1) is 0 Å². The second kappa shape index (κ2) is 3.70. The molecule has 0 spiro atoms. The third kappa shape index (κ3) is 1.75. The number of carbonyl (C=O) groups is 1. The highest BCUT2D eigenvalue weighted by Crippen LogP contribution is 2.20. The molecule has 0 saturated carbocycles. The first-order valence-electron chi connectivity index (χ1n) is 4.73. The van der Waals surface area contributed by atoms with Crippen molar-refractivity contribution in [2.45, 2.75) is 6.42 Å². The number of aromatic amines is 1. The molecule has 0 aromatic carbocycles. The molecule has 3 N–H and O–H groups in total. The van der Waals surface area contributed by atoms with Gasteiger partial charge in [0.2, 0.25) is 11.9 Å². The van der Waals surface area contributed by atoms with E-state index in [0.29, 0.717) is 6.54 Å². The van der Waals surface area contributed by atoms with Crippen LogP contribution in [-0.4, -0.2) is 22.4 Å². The molecule has 16 heavy (non-hydrogen) atoms. The fraction of sp³-hybridized carbons (Fsp3) is 0.300. The summed E-state index contributed by atoms with van der Waals surface area (Å²) in [4.78, 5) is 30.5. The highest BCUT2D eigenvalue weighted by atomic mass is 16.2. The smallest absolute Gasteiger partial charge is 0.254 e. The number of anilines is 2. The van der Waals surface area contributed by atoms with E-state index in [-0.39, 0.29) is 35.6 Å². The molecule has 2 heterocycles. The molecule has 1 fully saturated rings. The maximum absolute atomic E-state index is 11.6. The van der Waals surface area contributed by atoms with Crippen molar-refractivity contribution < 1.29 is 4.79 Å². The molecular formula is C10H10N4O2. The van der Waals surface area contributed by atoms with Gasteiger partial charge < -0.3 is 5.73 Å². The van der Waals surface area contributed by atoms with Crippen LogP contribution < -0.4 is 16.2 Å². The Balaban J connectivity index is 2.35. The fourth-order valence-electron chi connectivity index (χ4n) is 1.61. The average molecular weight is 218 g/mol. The molecule has 2 rings (SSSR count). The number of rotatable bonds is 1. The van der Waals surface area contributed by atoms with Gasteiger partial charge in [0.25, 0.3) is 5.56 Å². The molecule has 1 amide bonds. The summed E-state index contributed by atoms with van der Waals surface area (Å²) < 4.78 is 0. The standard InChI is InChI=1S/C10H10N4O2/c1-2-6-3-9(16)14(5-6)10-12-7(11)4-8(15)13-10/h1,4,6H,3,5H2,(H3,11,12,13,15). The zero-order valence-corrected chi connectivity index (χ0v) is 8.43. The highest BCUT2D eigenvalue weighted by molar-refractivity contribution is 5.94. The van der Waals surface area contributed by atoms with Gasteiger partial charge in [-0.2, -0.15) is 4.98 Å². The number of hydrogen-bond acceptors (Lipinski definition) is 4. The maximum Gasteiger partial charge on any atom is 0.254 e. The molecular weight excluding hydrogens is 208 g/mol. The topological polar surface area (TPSA) is 92.1 Å². The van der Waals surface area contributed by atoms with E-state index in [9.17, 15) is 9.59 Å². The van der Waals surface area contributed by atoms with Gasteiger partial charge in [-0.15, -0.1) is 12.3 Å². The Morgan fingerprint density at radius 2 is 2.38 bits per heavy atom. The second-order valence-electron chi connectivity index (χ2n) is 3.57. The van der Waals surface area contributed by atoms with E-state index in [2.05, 4.69) is 15.9 Å². The van der Waals surface area contributed by atoms with E-state index in [4.69, 9.17) is 12.2 Å². The molecule has 1 aromatic rings. The van der Waals surface area contributed by atoms with Crippen LogP contribution in [0.15, 0.2) is 10.9 Å². The Morgan fingerprint density at radius 1 is 1.62 bits per heavy atom. The SMILES string of the molecule is C#CC1CC(=O)N(c2nc(N)cc(=O)[nH]2)C1. The molecule has 0 bridgehead atoms. The number of carbonyl (C=O) groups excluding carboxylic acids is 1. The van der Waals surface area contributed by atoms with Crippen LogP contribution in [0.25, 0.3) is 0 Å². The van der Waals surface area contributed by atoms with Gasteiger partial charge in [0.15, 0.2) is 0 Å². The molecule has 1 aliphatic rings. The lowest BCUT2D eigenvalue weighted by atomic mass is 10.1. The van der Waals surface area contributed by atoms with Gasteiger partial charge in [0.1, 0.15) is 5.82 Å². The highest BCUT2D eigenvalue weighted by Gasteiger charge is 2.30. The Bertz CT molecular complexity index is 528. The first-order valence-corrected chi connectivity index (χ1v) is 4.73. The maximum atomic E-state index is 11.6. The van der Waals surface area contributed by atoms with Crippen molar-refractivity contribution in [2.24, 2.45) is 5.92 Å². The van der Waals surface area contributed by atoms with Crippen LogP contribution in [0.4, 0.5) is 11.8 Å². The minimum atomic E-state index is -0.389. The quantitative estimate of drug-likeness (QED) is 0.612. The Kier molecular flexibility index (Phi) is 2.37. The van der Waals surface area contributed by atoms with Crippen molar-refractivity contribution >= 4 is 17.7 Å². The predicted octanol–water partition coefficient (Wildman–Crippen LogP) is -0.662. The first kappa shape index (κ1) is 10.2. The van der Waals surface area contributed by atoms with Gasteiger partial charge in [0, 0.05) is 24.9 Å². The second-order valence-corrected chi connectivity index (χ2v) is 3.57. The number of nitrogens with zero attached hydrogens (tertiary/aromatic N) is 2. The van der Waals surface area contributed by atoms with Crippen LogP contribution in [0.2, 0.25) is 0 Å². The zero-order valence-electron chi connectivity index (χ0n) is 8.43. The molecule has 1 unspecified atom stereocenters. The van der Waals surface area contributed by atoms with Crippen LogP contribution in [0.1, 0.15) is 6.42 Å². The Labute approximate surface area is 91.5 Å². The molecule has 0 aliphatic carbocycles. The third-order valence-electron chi connectivity index (χ3n) is 2.37.